The van der Waals surface area contributed by atoms with E-state index in [9.17, 15) is 0 Å². The molecule has 288 valence electrons. The molecule has 1 heterocycles. The van der Waals surface area contributed by atoms with Crippen molar-refractivity contribution in [1.82, 2.24) is 0 Å². The molecule has 57 heavy (non-hydrogen) atoms. The van der Waals surface area contributed by atoms with Gasteiger partial charge < -0.3 is 22.6 Å². The normalized spacial score (nSPS) is 19.6. The van der Waals surface area contributed by atoms with Crippen LogP contribution in [0.5, 0.6) is 28.7 Å². The van der Waals surface area contributed by atoms with Crippen LogP contribution in [0.15, 0.2) is 215 Å². The molecule has 7 rings (SSSR count). The molecule has 8 nitrogen and oxygen atoms in total. The van der Waals surface area contributed by atoms with E-state index < -0.39 is 22.8 Å². The summed E-state index contributed by atoms with van der Waals surface area (Å²) in [5.74, 6) is 2.66. The van der Waals surface area contributed by atoms with E-state index >= 15 is 0 Å². The van der Waals surface area contributed by atoms with E-state index in [2.05, 4.69) is 19.7 Å². The van der Waals surface area contributed by atoms with Gasteiger partial charge in [0.2, 0.25) is 0 Å². The van der Waals surface area contributed by atoms with Crippen LogP contribution in [-0.2, 0) is 25.4 Å². The number of hydrogen-bond donors (Lipinski definition) is 0. The first-order valence-corrected chi connectivity index (χ1v) is 23.4. The Hall–Kier alpha value is -5.77. The zero-order chi connectivity index (χ0) is 39.4. The highest BCUT2D eigenvalue weighted by molar-refractivity contribution is 7.80. The van der Waals surface area contributed by atoms with Gasteiger partial charge in [-0.1, -0.05) is 144 Å². The van der Waals surface area contributed by atoms with Crippen LogP contribution in [0.1, 0.15) is 22.3 Å². The van der Waals surface area contributed by atoms with Crippen molar-refractivity contribution in [3.05, 3.63) is 224 Å². The molecule has 0 radical (unpaired) electrons. The number of para-hydroxylation sites is 5. The number of rotatable bonds is 18. The molecular weight excluding hydrogens is 767 g/mol. The van der Waals surface area contributed by atoms with Crippen molar-refractivity contribution in [2.75, 3.05) is 0 Å². The van der Waals surface area contributed by atoms with E-state index in [1.165, 1.54) is 0 Å². The topological polar surface area (TPSA) is 83.2 Å². The van der Waals surface area contributed by atoms with Crippen LogP contribution in [-0.4, -0.2) is 0 Å². The van der Waals surface area contributed by atoms with Crippen molar-refractivity contribution in [3.8, 4) is 28.7 Å². The third-order valence-corrected chi connectivity index (χ3v) is 17.5. The zero-order valence-electron chi connectivity index (χ0n) is 31.5. The predicted molar refractivity (Wildman–Crippen MR) is 235 cm³/mol. The molecule has 0 N–H and O–H groups in total. The van der Waals surface area contributed by atoms with E-state index in [4.69, 9.17) is 36.2 Å². The van der Waals surface area contributed by atoms with E-state index in [1.807, 2.05) is 182 Å². The largest absolute Gasteiger partial charge is 0.458 e. The lowest BCUT2D eigenvalue weighted by Gasteiger charge is -2.34. The molecule has 3 atom stereocenters. The van der Waals surface area contributed by atoms with Gasteiger partial charge in [0, 0.05) is 0 Å². The molecule has 1 aliphatic rings. The maximum Gasteiger partial charge on any atom is 0.458 e. The first-order chi connectivity index (χ1) is 27.9. The predicted octanol–water partition coefficient (Wildman–Crippen LogP) is 14.7. The van der Waals surface area contributed by atoms with Crippen molar-refractivity contribution in [3.63, 3.8) is 0 Å². The van der Waals surface area contributed by atoms with Crippen LogP contribution in [0.3, 0.4) is 0 Å². The Bertz CT molecular complexity index is 2220. The third-order valence-electron chi connectivity index (χ3n) is 8.59. The van der Waals surface area contributed by atoms with Gasteiger partial charge in [0.05, 0.1) is 6.16 Å². The molecule has 0 saturated carbocycles. The van der Waals surface area contributed by atoms with Gasteiger partial charge >= 0.3 is 15.3 Å². The van der Waals surface area contributed by atoms with Gasteiger partial charge in [-0.15, -0.1) is 28.8 Å². The molecule has 0 fully saturated rings. The summed E-state index contributed by atoms with van der Waals surface area (Å²) in [5, 5.41) is 0. The lowest BCUT2D eigenvalue weighted by Crippen LogP contribution is -2.11. The molecule has 0 bridgehead atoms. The second-order valence-electron chi connectivity index (χ2n) is 12.9. The van der Waals surface area contributed by atoms with Gasteiger partial charge in [0.1, 0.15) is 28.7 Å². The minimum Gasteiger partial charge on any atom is -0.441 e. The third kappa shape index (κ3) is 9.97. The van der Waals surface area contributed by atoms with Crippen molar-refractivity contribution in [2.45, 2.75) is 25.4 Å². The van der Waals surface area contributed by atoms with Crippen LogP contribution in [0.2, 0.25) is 0 Å². The van der Waals surface area contributed by atoms with Crippen molar-refractivity contribution >= 4 is 22.8 Å². The van der Waals surface area contributed by atoms with E-state index in [1.54, 1.807) is 0 Å². The minimum absolute atomic E-state index is 0.265. The van der Waals surface area contributed by atoms with Crippen LogP contribution in [0.25, 0.3) is 0 Å². The maximum atomic E-state index is 7.32. The van der Waals surface area contributed by atoms with E-state index in [0.29, 0.717) is 48.0 Å². The average Bonchev–Trinajstić information content (AvgIpc) is 3.21. The highest BCUT2D eigenvalue weighted by Gasteiger charge is 2.47. The lowest BCUT2D eigenvalue weighted by atomic mass is 10.1. The minimum atomic E-state index is -3.93. The monoisotopic (exact) mass is 811 g/mol. The summed E-state index contributed by atoms with van der Waals surface area (Å²) < 4.78 is 52.4. The highest BCUT2D eigenvalue weighted by Crippen LogP contribution is 2.79. The SMILES string of the molecule is C=CCc1ccccc1OP1(Cc2ccccc2)=NP(Oc2ccccc2)(Oc2ccccc2CC=C)=NP(Oc2ccccc2)(Oc2ccccc2CC=C)=N1. The summed E-state index contributed by atoms with van der Waals surface area (Å²) in [4.78, 5) is 0. The molecule has 0 amide bonds. The Morgan fingerprint density at radius 2 is 0.754 bits per heavy atom. The Morgan fingerprint density at radius 1 is 0.386 bits per heavy atom. The van der Waals surface area contributed by atoms with E-state index in [-0.39, 0.29) is 6.16 Å². The molecule has 0 aromatic heterocycles. The number of benzene rings is 6. The zero-order valence-corrected chi connectivity index (χ0v) is 34.2. The smallest absolute Gasteiger partial charge is 0.441 e. The molecule has 3 unspecified atom stereocenters. The molecule has 1 aliphatic heterocycles. The first-order valence-electron chi connectivity index (χ1n) is 18.5. The summed E-state index contributed by atoms with van der Waals surface area (Å²) in [6.07, 6.45) is 7.40. The van der Waals surface area contributed by atoms with Gasteiger partial charge in [-0.3, -0.25) is 0 Å². The van der Waals surface area contributed by atoms with Crippen LogP contribution in [0.4, 0.5) is 0 Å². The van der Waals surface area contributed by atoms with E-state index in [0.717, 1.165) is 22.3 Å². The second kappa shape index (κ2) is 18.4. The summed E-state index contributed by atoms with van der Waals surface area (Å²) in [6, 6.07) is 52.2. The van der Waals surface area contributed by atoms with Crippen molar-refractivity contribution < 1.29 is 22.6 Å². The summed E-state index contributed by atoms with van der Waals surface area (Å²) in [5.41, 5.74) is 3.62. The maximum absolute atomic E-state index is 7.32. The Kier molecular flexibility index (Phi) is 12.8. The number of allylic oxidation sites excluding steroid dienone is 3. The Morgan fingerprint density at radius 3 is 1.19 bits per heavy atom. The van der Waals surface area contributed by atoms with Crippen LogP contribution < -0.4 is 22.6 Å². The molecule has 0 aliphatic carbocycles. The van der Waals surface area contributed by atoms with Gasteiger partial charge in [-0.05, 0) is 84.0 Å². The molecule has 6 aromatic rings. The average molecular weight is 812 g/mol. The highest BCUT2D eigenvalue weighted by atomic mass is 31.3. The van der Waals surface area contributed by atoms with Crippen LogP contribution in [0, 0.1) is 0 Å². The van der Waals surface area contributed by atoms with Gasteiger partial charge in [-0.2, -0.15) is 0 Å². The molecule has 0 spiro atoms. The summed E-state index contributed by atoms with van der Waals surface area (Å²) in [7, 11) is -11.4. The van der Waals surface area contributed by atoms with Gasteiger partial charge in [-0.25, -0.2) is 0 Å². The molecule has 6 aromatic carbocycles. The van der Waals surface area contributed by atoms with Gasteiger partial charge in [0.25, 0.3) is 7.43 Å². The quantitative estimate of drug-likeness (QED) is 0.0638. The Balaban J connectivity index is 1.61. The molecule has 11 heteroatoms. The fraction of sp³-hybridized carbons (Fsp3) is 0.0870. The molecule has 0 saturated heterocycles. The fourth-order valence-electron chi connectivity index (χ4n) is 6.09. The first kappa shape index (κ1) is 39.5. The van der Waals surface area contributed by atoms with Crippen molar-refractivity contribution in [2.24, 2.45) is 13.5 Å². The van der Waals surface area contributed by atoms with Gasteiger partial charge in [0.15, 0.2) is 0 Å². The standard InChI is InChI=1S/C46H44N3O5P3/c1-4-22-39-27-16-19-34-44(39)52-55(37-38-25-10-7-11-26-38)47-56(50-42-30-12-8-13-31-42,53-45-35-20-17-28-40(45)23-5-2)49-57(48-55,51-43-32-14-9-15-33-43)54-46-36-21-18-29-41(46)24-6-3/h4-21,25-36H,1-3,22-24,37H2. The lowest BCUT2D eigenvalue weighted by molar-refractivity contribution is 0.455. The van der Waals surface area contributed by atoms with Crippen LogP contribution >= 0.6 is 22.8 Å². The number of nitrogens with zero attached hydrogens (tertiary/aromatic N) is 3. The summed E-state index contributed by atoms with van der Waals surface area (Å²) in [6.45, 7) is 12.0. The number of hydrogen-bond acceptors (Lipinski definition) is 8. The fourth-order valence-corrected chi connectivity index (χ4v) is 16.4. The Labute approximate surface area is 335 Å². The van der Waals surface area contributed by atoms with Crippen molar-refractivity contribution in [1.29, 1.82) is 0 Å². The molecular formula is C46H44N3O5P3. The second-order valence-corrected chi connectivity index (χ2v) is 19.6. The summed E-state index contributed by atoms with van der Waals surface area (Å²) >= 11 is 0.